The summed E-state index contributed by atoms with van der Waals surface area (Å²) in [5, 5.41) is 0.689. The average molecular weight is 258 g/mol. The van der Waals surface area contributed by atoms with Gasteiger partial charge in [-0.15, -0.1) is 0 Å². The van der Waals surface area contributed by atoms with Gasteiger partial charge in [0, 0.05) is 38.6 Å². The van der Waals surface area contributed by atoms with Crippen LogP contribution in [-0.4, -0.2) is 53.0 Å². The third-order valence-electron chi connectivity index (χ3n) is 2.80. The lowest BCUT2D eigenvalue weighted by atomic mass is 10.0. The molecule has 0 spiro atoms. The summed E-state index contributed by atoms with van der Waals surface area (Å²) >= 11 is 1.24. The molecule has 2 rings (SSSR count). The third-order valence-corrected chi connectivity index (χ3v) is 3.66. The van der Waals surface area contributed by atoms with E-state index in [2.05, 4.69) is 9.36 Å². The van der Waals surface area contributed by atoms with E-state index in [4.69, 9.17) is 0 Å². The van der Waals surface area contributed by atoms with Crippen LogP contribution in [0.25, 0.3) is 0 Å². The minimum atomic E-state index is -1.79. The van der Waals surface area contributed by atoms with Crippen LogP contribution in [0.1, 0.15) is 12.2 Å². The molecule has 1 unspecified atom stereocenters. The molecule has 1 amide bonds. The van der Waals surface area contributed by atoms with Gasteiger partial charge in [-0.2, -0.15) is 4.37 Å². The summed E-state index contributed by atoms with van der Waals surface area (Å²) in [7, 11) is 3.14. The Morgan fingerprint density at radius 3 is 2.82 bits per heavy atom. The number of halogens is 1. The van der Waals surface area contributed by atoms with Crippen LogP contribution in [0.3, 0.4) is 0 Å². The second-order valence-electron chi connectivity index (χ2n) is 4.46. The lowest BCUT2D eigenvalue weighted by molar-refractivity contribution is -0.139. The number of alkyl halides is 1. The Kier molecular flexibility index (Phi) is 3.03. The van der Waals surface area contributed by atoms with Crippen LogP contribution in [0.2, 0.25) is 0 Å². The molecule has 0 saturated carbocycles. The molecule has 17 heavy (non-hydrogen) atoms. The van der Waals surface area contributed by atoms with Crippen LogP contribution in [-0.2, 0) is 4.79 Å². The van der Waals surface area contributed by atoms with E-state index in [1.165, 1.54) is 16.4 Å². The van der Waals surface area contributed by atoms with Crippen molar-refractivity contribution in [2.45, 2.75) is 19.0 Å². The average Bonchev–Trinajstić information content (AvgIpc) is 2.84. The highest BCUT2D eigenvalue weighted by atomic mass is 32.1. The molecule has 7 heteroatoms. The summed E-state index contributed by atoms with van der Waals surface area (Å²) < 4.78 is 18.5. The number of carbonyl (C=O) groups excluding carboxylic acids is 1. The zero-order valence-corrected chi connectivity index (χ0v) is 10.9. The fraction of sp³-hybridized carbons (Fsp3) is 0.700. The third kappa shape index (κ3) is 2.24. The summed E-state index contributed by atoms with van der Waals surface area (Å²) in [5.41, 5.74) is -1.79. The van der Waals surface area contributed by atoms with Crippen molar-refractivity contribution in [1.29, 1.82) is 0 Å². The molecule has 5 nitrogen and oxygen atoms in total. The highest BCUT2D eigenvalue weighted by Gasteiger charge is 2.46. The van der Waals surface area contributed by atoms with Crippen molar-refractivity contribution < 1.29 is 9.18 Å². The van der Waals surface area contributed by atoms with Crippen LogP contribution in [0, 0.1) is 6.92 Å². The quantitative estimate of drug-likeness (QED) is 0.789. The van der Waals surface area contributed by atoms with Gasteiger partial charge in [-0.3, -0.25) is 4.79 Å². The molecule has 2 heterocycles. The lowest BCUT2D eigenvalue weighted by Crippen LogP contribution is -2.44. The van der Waals surface area contributed by atoms with Crippen molar-refractivity contribution in [2.24, 2.45) is 0 Å². The Labute approximate surface area is 103 Å². The zero-order valence-electron chi connectivity index (χ0n) is 10.1. The molecule has 1 atom stereocenters. The van der Waals surface area contributed by atoms with Crippen LogP contribution in [0.5, 0.6) is 0 Å². The number of aromatic nitrogens is 2. The van der Waals surface area contributed by atoms with E-state index in [0.29, 0.717) is 17.5 Å². The second kappa shape index (κ2) is 4.21. The molecule has 0 aromatic carbocycles. The molecule has 1 aliphatic rings. The first-order valence-corrected chi connectivity index (χ1v) is 6.16. The van der Waals surface area contributed by atoms with E-state index < -0.39 is 11.6 Å². The van der Waals surface area contributed by atoms with Crippen LogP contribution in [0.15, 0.2) is 0 Å². The van der Waals surface area contributed by atoms with Gasteiger partial charge in [-0.05, 0) is 6.92 Å². The Morgan fingerprint density at radius 1 is 1.59 bits per heavy atom. The number of rotatable bonds is 2. The first-order chi connectivity index (χ1) is 7.92. The molecule has 0 bridgehead atoms. The number of nitrogens with zero attached hydrogens (tertiary/aromatic N) is 4. The minimum Gasteiger partial charge on any atom is -0.346 e. The van der Waals surface area contributed by atoms with Gasteiger partial charge in [0.05, 0.1) is 6.54 Å². The van der Waals surface area contributed by atoms with Crippen molar-refractivity contribution in [3.63, 3.8) is 0 Å². The van der Waals surface area contributed by atoms with Gasteiger partial charge >= 0.3 is 0 Å². The van der Waals surface area contributed by atoms with Crippen LogP contribution in [0.4, 0.5) is 9.52 Å². The van der Waals surface area contributed by atoms with Crippen LogP contribution < -0.4 is 4.90 Å². The minimum absolute atomic E-state index is 0.0681. The molecule has 1 aliphatic heterocycles. The summed E-state index contributed by atoms with van der Waals surface area (Å²) in [6.07, 6.45) is 0.211. The van der Waals surface area contributed by atoms with E-state index in [1.54, 1.807) is 25.9 Å². The number of carbonyl (C=O) groups is 1. The Balaban J connectivity index is 2.11. The van der Waals surface area contributed by atoms with E-state index in [0.717, 1.165) is 0 Å². The topological polar surface area (TPSA) is 49.3 Å². The standard InChI is InChI=1S/C10H15FN4OS/c1-7-12-9(17-13-7)15-5-4-10(11,6-15)8(16)14(2)3/h4-6H2,1-3H3. The summed E-state index contributed by atoms with van der Waals surface area (Å²) in [5.74, 6) is 0.210. The molecule has 0 N–H and O–H groups in total. The number of hydrogen-bond acceptors (Lipinski definition) is 5. The van der Waals surface area contributed by atoms with Crippen molar-refractivity contribution >= 4 is 22.6 Å². The maximum atomic E-state index is 14.4. The maximum absolute atomic E-state index is 14.4. The SMILES string of the molecule is Cc1nsc(N2CCC(F)(C(=O)N(C)C)C2)n1. The summed E-state index contributed by atoms with van der Waals surface area (Å²) in [6, 6.07) is 0. The Bertz CT molecular complexity index is 436. The van der Waals surface area contributed by atoms with Crippen molar-refractivity contribution in [1.82, 2.24) is 14.3 Å². The highest BCUT2D eigenvalue weighted by molar-refractivity contribution is 7.09. The fourth-order valence-corrected chi connectivity index (χ4v) is 2.62. The summed E-state index contributed by atoms with van der Waals surface area (Å²) in [4.78, 5) is 19.0. The monoisotopic (exact) mass is 258 g/mol. The smallest absolute Gasteiger partial charge is 0.261 e. The normalized spacial score (nSPS) is 24.1. The van der Waals surface area contributed by atoms with Gasteiger partial charge in [-0.25, -0.2) is 9.37 Å². The molecule has 1 aromatic heterocycles. The van der Waals surface area contributed by atoms with Crippen molar-refractivity contribution in [2.75, 3.05) is 32.1 Å². The molecular formula is C10H15FN4OS. The summed E-state index contributed by atoms with van der Waals surface area (Å²) in [6.45, 7) is 2.37. The van der Waals surface area contributed by atoms with E-state index in [-0.39, 0.29) is 13.0 Å². The largest absolute Gasteiger partial charge is 0.346 e. The van der Waals surface area contributed by atoms with Gasteiger partial charge in [0.25, 0.3) is 5.91 Å². The second-order valence-corrected chi connectivity index (χ2v) is 5.19. The number of anilines is 1. The van der Waals surface area contributed by atoms with E-state index in [1.807, 2.05) is 0 Å². The molecular weight excluding hydrogens is 243 g/mol. The van der Waals surface area contributed by atoms with Gasteiger partial charge < -0.3 is 9.80 Å². The first-order valence-electron chi connectivity index (χ1n) is 5.38. The van der Waals surface area contributed by atoms with E-state index in [9.17, 15) is 9.18 Å². The zero-order chi connectivity index (χ0) is 12.6. The van der Waals surface area contributed by atoms with E-state index >= 15 is 0 Å². The van der Waals surface area contributed by atoms with Crippen LogP contribution >= 0.6 is 11.5 Å². The molecule has 1 saturated heterocycles. The number of hydrogen-bond donors (Lipinski definition) is 0. The molecule has 1 aromatic rings. The predicted molar refractivity (Wildman–Crippen MR) is 64.0 cm³/mol. The maximum Gasteiger partial charge on any atom is 0.261 e. The lowest BCUT2D eigenvalue weighted by Gasteiger charge is -2.22. The molecule has 0 radical (unpaired) electrons. The molecule has 94 valence electrons. The molecule has 0 aliphatic carbocycles. The van der Waals surface area contributed by atoms with Gasteiger partial charge in [0.15, 0.2) is 0 Å². The Morgan fingerprint density at radius 2 is 2.29 bits per heavy atom. The highest BCUT2D eigenvalue weighted by Crippen LogP contribution is 2.31. The van der Waals surface area contributed by atoms with Gasteiger partial charge in [-0.1, -0.05) is 0 Å². The van der Waals surface area contributed by atoms with Gasteiger partial charge in [0.1, 0.15) is 5.82 Å². The first kappa shape index (κ1) is 12.2. The molecule has 1 fully saturated rings. The number of aryl methyl sites for hydroxylation is 1. The van der Waals surface area contributed by atoms with Crippen molar-refractivity contribution in [3.8, 4) is 0 Å². The fourth-order valence-electron chi connectivity index (χ4n) is 1.93. The van der Waals surface area contributed by atoms with Gasteiger partial charge in [0.2, 0.25) is 10.8 Å². The number of amides is 1. The van der Waals surface area contributed by atoms with Crippen molar-refractivity contribution in [3.05, 3.63) is 5.82 Å². The Hall–Kier alpha value is -1.24. The predicted octanol–water partition coefficient (Wildman–Crippen LogP) is 0.853.